The summed E-state index contributed by atoms with van der Waals surface area (Å²) in [4.78, 5) is 0. The molecule has 0 bridgehead atoms. The number of nitrogens with zero attached hydrogens (tertiary/aromatic N) is 1. The first-order chi connectivity index (χ1) is 9.16. The first kappa shape index (κ1) is 11.7. The summed E-state index contributed by atoms with van der Waals surface area (Å²) in [6.45, 7) is 0.563. The van der Waals surface area contributed by atoms with Crippen molar-refractivity contribution in [2.75, 3.05) is 5.73 Å². The van der Waals surface area contributed by atoms with E-state index >= 15 is 0 Å². The Labute approximate surface area is 109 Å². The number of hydrogen-bond donors (Lipinski definition) is 1. The lowest BCUT2D eigenvalue weighted by molar-refractivity contribution is 0.599. The third kappa shape index (κ3) is 1.95. The van der Waals surface area contributed by atoms with Gasteiger partial charge in [0.1, 0.15) is 5.69 Å². The van der Waals surface area contributed by atoms with E-state index in [4.69, 9.17) is 5.73 Å². The Morgan fingerprint density at radius 2 is 1.79 bits per heavy atom. The van der Waals surface area contributed by atoms with E-state index in [2.05, 4.69) is 0 Å². The largest absolute Gasteiger partial charge is 0.394 e. The molecule has 4 heteroatoms. The zero-order valence-electron chi connectivity index (χ0n) is 10.1. The number of nitrogens with two attached hydrogens (primary N) is 1. The van der Waals surface area contributed by atoms with Crippen molar-refractivity contribution in [1.82, 2.24) is 4.57 Å². The molecule has 0 fully saturated rings. The van der Waals surface area contributed by atoms with E-state index in [0.29, 0.717) is 17.4 Å². The molecule has 0 aliphatic rings. The van der Waals surface area contributed by atoms with Crippen molar-refractivity contribution in [3.05, 3.63) is 65.9 Å². The van der Waals surface area contributed by atoms with Gasteiger partial charge in [-0.05, 0) is 11.6 Å². The maximum absolute atomic E-state index is 13.8. The number of hydrogen-bond acceptors (Lipinski definition) is 1. The number of aromatic nitrogens is 1. The van der Waals surface area contributed by atoms with Crippen LogP contribution >= 0.6 is 0 Å². The minimum Gasteiger partial charge on any atom is -0.394 e. The molecule has 0 saturated heterocycles. The molecule has 2 N–H and O–H groups in total. The number of halogens is 2. The fourth-order valence-corrected chi connectivity index (χ4v) is 2.20. The minimum atomic E-state index is -0.724. The normalized spacial score (nSPS) is 11.1. The predicted molar refractivity (Wildman–Crippen MR) is 71.8 cm³/mol. The summed E-state index contributed by atoms with van der Waals surface area (Å²) in [5.74, 6) is -1.42. The highest BCUT2D eigenvalue weighted by molar-refractivity contribution is 5.84. The molecule has 1 heterocycles. The summed E-state index contributed by atoms with van der Waals surface area (Å²) in [5, 5.41) is 0.342. The quantitative estimate of drug-likeness (QED) is 0.700. The van der Waals surface area contributed by atoms with Crippen molar-refractivity contribution in [3.8, 4) is 0 Å². The molecule has 0 amide bonds. The van der Waals surface area contributed by atoms with Gasteiger partial charge in [0.15, 0.2) is 11.6 Å². The average Bonchev–Trinajstić information content (AvgIpc) is 2.81. The maximum atomic E-state index is 13.8. The zero-order valence-corrected chi connectivity index (χ0v) is 10.1. The SMILES string of the molecule is Nc1c(F)cc2c(ccn2Cc2ccccc2)c1F. The molecule has 0 spiro atoms. The van der Waals surface area contributed by atoms with Crippen LogP contribution in [0.3, 0.4) is 0 Å². The standard InChI is InChI=1S/C15H12F2N2/c16-12-8-13-11(14(17)15(12)18)6-7-19(13)9-10-4-2-1-3-5-10/h1-8H,9,18H2. The predicted octanol–water partition coefficient (Wildman–Crippen LogP) is 3.55. The molecule has 0 aliphatic carbocycles. The molecule has 1 aromatic heterocycles. The van der Waals surface area contributed by atoms with E-state index in [1.54, 1.807) is 16.8 Å². The van der Waals surface area contributed by atoms with Gasteiger partial charge in [-0.15, -0.1) is 0 Å². The van der Waals surface area contributed by atoms with Crippen LogP contribution in [0.1, 0.15) is 5.56 Å². The van der Waals surface area contributed by atoms with E-state index < -0.39 is 17.3 Å². The van der Waals surface area contributed by atoms with Gasteiger partial charge in [-0.2, -0.15) is 0 Å². The molecule has 0 saturated carbocycles. The van der Waals surface area contributed by atoms with E-state index in [9.17, 15) is 8.78 Å². The topological polar surface area (TPSA) is 30.9 Å². The molecule has 2 aromatic carbocycles. The molecule has 3 aromatic rings. The van der Waals surface area contributed by atoms with Gasteiger partial charge in [-0.1, -0.05) is 30.3 Å². The van der Waals surface area contributed by atoms with Crippen LogP contribution in [0, 0.1) is 11.6 Å². The van der Waals surface area contributed by atoms with Crippen molar-refractivity contribution < 1.29 is 8.78 Å². The number of rotatable bonds is 2. The Morgan fingerprint density at radius 1 is 1.05 bits per heavy atom. The Balaban J connectivity index is 2.11. The summed E-state index contributed by atoms with van der Waals surface area (Å²) in [6.07, 6.45) is 1.74. The van der Waals surface area contributed by atoms with Crippen LogP contribution in [0.15, 0.2) is 48.7 Å². The summed E-state index contributed by atoms with van der Waals surface area (Å²) in [5.41, 5.74) is 6.50. The lowest BCUT2D eigenvalue weighted by atomic mass is 10.2. The Kier molecular flexibility index (Phi) is 2.71. The average molecular weight is 258 g/mol. The van der Waals surface area contributed by atoms with Crippen molar-refractivity contribution in [2.45, 2.75) is 6.54 Å². The van der Waals surface area contributed by atoms with Gasteiger partial charge in [0.05, 0.1) is 5.52 Å². The second-order valence-corrected chi connectivity index (χ2v) is 4.45. The number of anilines is 1. The van der Waals surface area contributed by atoms with Crippen molar-refractivity contribution >= 4 is 16.6 Å². The Morgan fingerprint density at radius 3 is 2.53 bits per heavy atom. The third-order valence-electron chi connectivity index (χ3n) is 3.20. The van der Waals surface area contributed by atoms with Gasteiger partial charge in [-0.25, -0.2) is 8.78 Å². The molecular weight excluding hydrogens is 246 g/mol. The number of benzene rings is 2. The minimum absolute atomic E-state index is 0.342. The van der Waals surface area contributed by atoms with Crippen molar-refractivity contribution in [3.63, 3.8) is 0 Å². The molecule has 0 atom stereocenters. The van der Waals surface area contributed by atoms with Gasteiger partial charge < -0.3 is 10.3 Å². The molecule has 0 radical (unpaired) electrons. The van der Waals surface area contributed by atoms with Gasteiger partial charge in [0.25, 0.3) is 0 Å². The lowest BCUT2D eigenvalue weighted by Gasteiger charge is -2.07. The van der Waals surface area contributed by atoms with Crippen LogP contribution < -0.4 is 5.73 Å². The van der Waals surface area contributed by atoms with Gasteiger partial charge in [-0.3, -0.25) is 0 Å². The zero-order chi connectivity index (χ0) is 13.4. The highest BCUT2D eigenvalue weighted by Crippen LogP contribution is 2.27. The number of nitrogen functional groups attached to an aromatic ring is 1. The summed E-state index contributed by atoms with van der Waals surface area (Å²) >= 11 is 0. The highest BCUT2D eigenvalue weighted by Gasteiger charge is 2.13. The molecule has 96 valence electrons. The van der Waals surface area contributed by atoms with Crippen molar-refractivity contribution in [2.24, 2.45) is 0 Å². The third-order valence-corrected chi connectivity index (χ3v) is 3.20. The molecule has 19 heavy (non-hydrogen) atoms. The van der Waals surface area contributed by atoms with Crippen LogP contribution in [0.4, 0.5) is 14.5 Å². The summed E-state index contributed by atoms with van der Waals surface area (Å²) in [7, 11) is 0. The Bertz CT molecular complexity index is 733. The number of fused-ring (bicyclic) bond motifs is 1. The van der Waals surface area contributed by atoms with Crippen LogP contribution in [0.5, 0.6) is 0 Å². The fourth-order valence-electron chi connectivity index (χ4n) is 2.20. The summed E-state index contributed by atoms with van der Waals surface area (Å²) in [6, 6.07) is 12.6. The summed E-state index contributed by atoms with van der Waals surface area (Å²) < 4.78 is 29.2. The van der Waals surface area contributed by atoms with E-state index in [1.807, 2.05) is 30.3 Å². The fraction of sp³-hybridized carbons (Fsp3) is 0.0667. The molecule has 0 unspecified atom stereocenters. The van der Waals surface area contributed by atoms with Gasteiger partial charge in [0.2, 0.25) is 0 Å². The smallest absolute Gasteiger partial charge is 0.158 e. The lowest BCUT2D eigenvalue weighted by Crippen LogP contribution is -2.00. The molecule has 0 aliphatic heterocycles. The van der Waals surface area contributed by atoms with Gasteiger partial charge in [0, 0.05) is 24.2 Å². The molecular formula is C15H12F2N2. The van der Waals surface area contributed by atoms with Crippen molar-refractivity contribution in [1.29, 1.82) is 0 Å². The second kappa shape index (κ2) is 4.39. The Hall–Kier alpha value is -2.36. The molecule has 2 nitrogen and oxygen atoms in total. The van der Waals surface area contributed by atoms with Crippen LogP contribution in [0.25, 0.3) is 10.9 Å². The van der Waals surface area contributed by atoms with E-state index in [1.165, 1.54) is 6.07 Å². The first-order valence-corrected chi connectivity index (χ1v) is 5.93. The van der Waals surface area contributed by atoms with E-state index in [-0.39, 0.29) is 0 Å². The van der Waals surface area contributed by atoms with Crippen LogP contribution in [-0.4, -0.2) is 4.57 Å². The highest BCUT2D eigenvalue weighted by atomic mass is 19.1. The van der Waals surface area contributed by atoms with Gasteiger partial charge >= 0.3 is 0 Å². The van der Waals surface area contributed by atoms with Crippen LogP contribution in [0.2, 0.25) is 0 Å². The molecule has 3 rings (SSSR count). The monoisotopic (exact) mass is 258 g/mol. The second-order valence-electron chi connectivity index (χ2n) is 4.45. The van der Waals surface area contributed by atoms with E-state index in [0.717, 1.165) is 5.56 Å². The maximum Gasteiger partial charge on any atom is 0.158 e. The first-order valence-electron chi connectivity index (χ1n) is 5.93. The van der Waals surface area contributed by atoms with Crippen LogP contribution in [-0.2, 0) is 6.54 Å².